The van der Waals surface area contributed by atoms with Crippen LogP contribution in [0.1, 0.15) is 5.69 Å². The summed E-state index contributed by atoms with van der Waals surface area (Å²) in [6, 6.07) is 3.96. The molecule has 7 nitrogen and oxygen atoms in total. The number of hydrogen-bond donors (Lipinski definition) is 1. The number of nitrogens with zero attached hydrogens (tertiary/aromatic N) is 6. The number of rotatable bonds is 5. The second-order valence-corrected chi connectivity index (χ2v) is 5.23. The molecule has 0 spiro atoms. The predicted octanol–water partition coefficient (Wildman–Crippen LogP) is 1.68. The van der Waals surface area contributed by atoms with E-state index in [1.54, 1.807) is 12.5 Å². The second kappa shape index (κ2) is 5.88. The van der Waals surface area contributed by atoms with Crippen molar-refractivity contribution >= 4 is 11.6 Å². The van der Waals surface area contributed by atoms with Gasteiger partial charge in [-0.1, -0.05) is 0 Å². The standard InChI is InChI=1S/C15H19N7/c1-20(2)15-19-10-13(21(15)3)9-17-12-4-5-14(18-8-12)22-7-6-16-11-22/h4-8,10-11,17H,9H2,1-3H3. The molecule has 0 aliphatic heterocycles. The molecule has 0 fully saturated rings. The summed E-state index contributed by atoms with van der Waals surface area (Å²) in [5, 5.41) is 3.36. The van der Waals surface area contributed by atoms with E-state index in [1.807, 2.05) is 61.3 Å². The molecule has 0 amide bonds. The number of imidazole rings is 2. The van der Waals surface area contributed by atoms with Gasteiger partial charge in [-0.15, -0.1) is 0 Å². The summed E-state index contributed by atoms with van der Waals surface area (Å²) in [5.74, 6) is 1.78. The van der Waals surface area contributed by atoms with E-state index in [0.29, 0.717) is 6.54 Å². The molecule has 0 aliphatic rings. The monoisotopic (exact) mass is 297 g/mol. The molecule has 3 rings (SSSR count). The van der Waals surface area contributed by atoms with Gasteiger partial charge < -0.3 is 14.8 Å². The highest BCUT2D eigenvalue weighted by molar-refractivity contribution is 5.44. The Hall–Kier alpha value is -2.83. The lowest BCUT2D eigenvalue weighted by atomic mass is 10.3. The average molecular weight is 297 g/mol. The van der Waals surface area contributed by atoms with Gasteiger partial charge in [0.15, 0.2) is 0 Å². The maximum atomic E-state index is 4.42. The third-order valence-electron chi connectivity index (χ3n) is 3.45. The van der Waals surface area contributed by atoms with Gasteiger partial charge in [0.1, 0.15) is 12.1 Å². The molecule has 0 aromatic carbocycles. The molecule has 22 heavy (non-hydrogen) atoms. The Balaban J connectivity index is 1.67. The maximum Gasteiger partial charge on any atom is 0.204 e. The molecule has 3 aromatic heterocycles. The first-order valence-electron chi connectivity index (χ1n) is 7.01. The fourth-order valence-corrected chi connectivity index (χ4v) is 2.24. The van der Waals surface area contributed by atoms with Crippen molar-refractivity contribution in [2.45, 2.75) is 6.54 Å². The zero-order chi connectivity index (χ0) is 15.5. The van der Waals surface area contributed by atoms with Crippen molar-refractivity contribution in [2.24, 2.45) is 7.05 Å². The zero-order valence-corrected chi connectivity index (χ0v) is 12.9. The number of hydrogen-bond acceptors (Lipinski definition) is 5. The molecule has 0 atom stereocenters. The van der Waals surface area contributed by atoms with Crippen LogP contribution in [0, 0.1) is 0 Å². The van der Waals surface area contributed by atoms with E-state index in [1.165, 1.54) is 0 Å². The van der Waals surface area contributed by atoms with Crippen LogP contribution in [0.15, 0.2) is 43.2 Å². The Bertz CT molecular complexity index is 726. The highest BCUT2D eigenvalue weighted by Gasteiger charge is 2.07. The number of pyridine rings is 1. The topological polar surface area (TPSA) is 63.8 Å². The maximum absolute atomic E-state index is 4.42. The summed E-state index contributed by atoms with van der Waals surface area (Å²) < 4.78 is 3.94. The lowest BCUT2D eigenvalue weighted by Gasteiger charge is -2.13. The molecule has 3 aromatic rings. The van der Waals surface area contributed by atoms with Crippen LogP contribution < -0.4 is 10.2 Å². The van der Waals surface area contributed by atoms with Crippen LogP contribution in [0.4, 0.5) is 11.6 Å². The van der Waals surface area contributed by atoms with Gasteiger partial charge in [-0.3, -0.25) is 4.57 Å². The van der Waals surface area contributed by atoms with Crippen LogP contribution in [0.5, 0.6) is 0 Å². The fourth-order valence-electron chi connectivity index (χ4n) is 2.24. The minimum atomic E-state index is 0.698. The van der Waals surface area contributed by atoms with Gasteiger partial charge in [-0.2, -0.15) is 0 Å². The molecular formula is C15H19N7. The van der Waals surface area contributed by atoms with Crippen LogP contribution in [0.25, 0.3) is 5.82 Å². The third-order valence-corrected chi connectivity index (χ3v) is 3.45. The van der Waals surface area contributed by atoms with E-state index >= 15 is 0 Å². The molecule has 114 valence electrons. The Morgan fingerprint density at radius 1 is 1.18 bits per heavy atom. The van der Waals surface area contributed by atoms with Crippen molar-refractivity contribution in [2.75, 3.05) is 24.3 Å². The minimum Gasteiger partial charge on any atom is -0.378 e. The van der Waals surface area contributed by atoms with Crippen molar-refractivity contribution in [3.8, 4) is 5.82 Å². The summed E-state index contributed by atoms with van der Waals surface area (Å²) in [6.45, 7) is 0.698. The highest BCUT2D eigenvalue weighted by atomic mass is 15.3. The zero-order valence-electron chi connectivity index (χ0n) is 12.9. The first kappa shape index (κ1) is 14.1. The number of anilines is 2. The first-order valence-corrected chi connectivity index (χ1v) is 7.01. The van der Waals surface area contributed by atoms with Gasteiger partial charge in [-0.25, -0.2) is 15.0 Å². The molecule has 7 heteroatoms. The largest absolute Gasteiger partial charge is 0.378 e. The normalized spacial score (nSPS) is 10.7. The van der Waals surface area contributed by atoms with Gasteiger partial charge in [0.05, 0.1) is 30.3 Å². The summed E-state index contributed by atoms with van der Waals surface area (Å²) in [6.07, 6.45) is 9.04. The molecule has 0 unspecified atom stereocenters. The molecule has 3 heterocycles. The molecule has 0 radical (unpaired) electrons. The van der Waals surface area contributed by atoms with Crippen LogP contribution in [0.3, 0.4) is 0 Å². The number of aromatic nitrogens is 5. The van der Waals surface area contributed by atoms with Crippen molar-refractivity contribution in [3.63, 3.8) is 0 Å². The van der Waals surface area contributed by atoms with E-state index in [2.05, 4.69) is 24.8 Å². The van der Waals surface area contributed by atoms with E-state index < -0.39 is 0 Å². The Morgan fingerprint density at radius 2 is 2.05 bits per heavy atom. The summed E-state index contributed by atoms with van der Waals surface area (Å²) in [5.41, 5.74) is 2.08. The van der Waals surface area contributed by atoms with Crippen LogP contribution in [-0.2, 0) is 13.6 Å². The van der Waals surface area contributed by atoms with Crippen LogP contribution in [0.2, 0.25) is 0 Å². The highest BCUT2D eigenvalue weighted by Crippen LogP contribution is 2.14. The first-order chi connectivity index (χ1) is 10.6. The summed E-state index contributed by atoms with van der Waals surface area (Å²) >= 11 is 0. The predicted molar refractivity (Wildman–Crippen MR) is 86.2 cm³/mol. The van der Waals surface area contributed by atoms with Gasteiger partial charge in [-0.05, 0) is 12.1 Å². The van der Waals surface area contributed by atoms with Gasteiger partial charge in [0.25, 0.3) is 0 Å². The SMILES string of the molecule is CN(C)c1ncc(CNc2ccc(-n3ccnc3)nc2)n1C. The van der Waals surface area contributed by atoms with Gasteiger partial charge >= 0.3 is 0 Å². The van der Waals surface area contributed by atoms with E-state index in [9.17, 15) is 0 Å². The average Bonchev–Trinajstić information content (AvgIpc) is 3.15. The summed E-state index contributed by atoms with van der Waals surface area (Å²) in [7, 11) is 5.98. The summed E-state index contributed by atoms with van der Waals surface area (Å²) in [4.78, 5) is 14.8. The molecular weight excluding hydrogens is 278 g/mol. The molecule has 0 saturated carbocycles. The Labute approximate surface area is 129 Å². The Kier molecular flexibility index (Phi) is 3.78. The van der Waals surface area contributed by atoms with Crippen LogP contribution >= 0.6 is 0 Å². The van der Waals surface area contributed by atoms with Gasteiger partial charge in [0.2, 0.25) is 5.95 Å². The lowest BCUT2D eigenvalue weighted by molar-refractivity contribution is 0.813. The smallest absolute Gasteiger partial charge is 0.204 e. The van der Waals surface area contributed by atoms with E-state index in [0.717, 1.165) is 23.1 Å². The molecule has 0 aliphatic carbocycles. The molecule has 0 saturated heterocycles. The fraction of sp³-hybridized carbons (Fsp3) is 0.267. The Morgan fingerprint density at radius 3 is 2.64 bits per heavy atom. The quantitative estimate of drug-likeness (QED) is 0.776. The minimum absolute atomic E-state index is 0.698. The van der Waals surface area contributed by atoms with Crippen molar-refractivity contribution in [3.05, 3.63) is 48.9 Å². The van der Waals surface area contributed by atoms with Crippen LogP contribution in [-0.4, -0.2) is 38.2 Å². The third kappa shape index (κ3) is 2.78. The second-order valence-electron chi connectivity index (χ2n) is 5.23. The van der Waals surface area contributed by atoms with E-state index in [-0.39, 0.29) is 0 Å². The van der Waals surface area contributed by atoms with Crippen molar-refractivity contribution < 1.29 is 0 Å². The number of nitrogens with one attached hydrogen (secondary N) is 1. The van der Waals surface area contributed by atoms with Gasteiger partial charge in [0, 0.05) is 33.5 Å². The molecule has 0 bridgehead atoms. The molecule has 1 N–H and O–H groups in total. The lowest BCUT2D eigenvalue weighted by Crippen LogP contribution is -2.15. The van der Waals surface area contributed by atoms with Crippen molar-refractivity contribution in [1.82, 2.24) is 24.1 Å². The van der Waals surface area contributed by atoms with E-state index in [4.69, 9.17) is 0 Å². The van der Waals surface area contributed by atoms with Crippen molar-refractivity contribution in [1.29, 1.82) is 0 Å².